The van der Waals surface area contributed by atoms with Crippen molar-refractivity contribution < 1.29 is 5.11 Å². The van der Waals surface area contributed by atoms with Gasteiger partial charge in [-0.3, -0.25) is 0 Å². The van der Waals surface area contributed by atoms with Gasteiger partial charge < -0.3 is 10.4 Å². The van der Waals surface area contributed by atoms with Crippen LogP contribution in [0, 0.1) is 5.92 Å². The summed E-state index contributed by atoms with van der Waals surface area (Å²) < 4.78 is 0. The summed E-state index contributed by atoms with van der Waals surface area (Å²) in [7, 11) is 0. The van der Waals surface area contributed by atoms with Gasteiger partial charge >= 0.3 is 0 Å². The van der Waals surface area contributed by atoms with Gasteiger partial charge in [0.05, 0.1) is 6.10 Å². The van der Waals surface area contributed by atoms with E-state index in [1.54, 1.807) is 0 Å². The van der Waals surface area contributed by atoms with Crippen molar-refractivity contribution in [2.45, 2.75) is 57.2 Å². The Morgan fingerprint density at radius 1 is 1.17 bits per heavy atom. The molecule has 0 aromatic rings. The third kappa shape index (κ3) is 1.99. The van der Waals surface area contributed by atoms with E-state index in [-0.39, 0.29) is 6.10 Å². The van der Waals surface area contributed by atoms with E-state index in [4.69, 9.17) is 0 Å². The predicted octanol–water partition coefficient (Wildman–Crippen LogP) is 1.29. The molecule has 0 spiro atoms. The normalized spacial score (nSPS) is 47.5. The first-order valence-electron chi connectivity index (χ1n) is 5.20. The molecule has 0 bridgehead atoms. The maximum Gasteiger partial charge on any atom is 0.0541 e. The van der Waals surface area contributed by atoms with Gasteiger partial charge in [-0.2, -0.15) is 0 Å². The van der Waals surface area contributed by atoms with Crippen LogP contribution in [-0.4, -0.2) is 23.3 Å². The van der Waals surface area contributed by atoms with Gasteiger partial charge in [0.2, 0.25) is 0 Å². The molecule has 2 aliphatic rings. The number of nitrogens with one attached hydrogen (secondary N) is 1. The fraction of sp³-hybridized carbons (Fsp3) is 1.00. The molecule has 2 N–H and O–H groups in total. The largest absolute Gasteiger partial charge is 0.393 e. The molecule has 2 fully saturated rings. The number of hydrogen-bond acceptors (Lipinski definition) is 2. The standard InChI is InChI=1S/C10H19NO/c1-7-6-10(7)11-8-2-4-9(12)5-3-8/h7-12H,2-6H2,1H3/t7-,8?,9?,10-/m1/s1. The van der Waals surface area contributed by atoms with Crippen LogP contribution in [-0.2, 0) is 0 Å². The minimum Gasteiger partial charge on any atom is -0.393 e. The zero-order valence-electron chi connectivity index (χ0n) is 7.79. The Morgan fingerprint density at radius 3 is 2.25 bits per heavy atom. The Bertz CT molecular complexity index is 152. The number of aliphatic hydroxyl groups is 1. The highest BCUT2D eigenvalue weighted by molar-refractivity contribution is 4.93. The third-order valence-corrected chi connectivity index (χ3v) is 3.26. The molecule has 0 saturated heterocycles. The fourth-order valence-electron chi connectivity index (χ4n) is 2.10. The molecule has 0 aromatic heterocycles. The summed E-state index contributed by atoms with van der Waals surface area (Å²) in [5, 5.41) is 13.0. The van der Waals surface area contributed by atoms with Crippen molar-refractivity contribution >= 4 is 0 Å². The Labute approximate surface area is 74.4 Å². The minimum absolute atomic E-state index is 0.0142. The SMILES string of the molecule is C[C@@H]1C[C@H]1NC1CCC(O)CC1. The topological polar surface area (TPSA) is 32.3 Å². The molecule has 70 valence electrons. The quantitative estimate of drug-likeness (QED) is 0.653. The van der Waals surface area contributed by atoms with Crippen molar-refractivity contribution in [1.29, 1.82) is 0 Å². The van der Waals surface area contributed by atoms with Crippen molar-refractivity contribution in [1.82, 2.24) is 5.32 Å². The van der Waals surface area contributed by atoms with Crippen molar-refractivity contribution in [3.05, 3.63) is 0 Å². The van der Waals surface area contributed by atoms with Crippen LogP contribution in [0.5, 0.6) is 0 Å². The molecule has 2 saturated carbocycles. The number of hydrogen-bond donors (Lipinski definition) is 2. The van der Waals surface area contributed by atoms with E-state index >= 15 is 0 Å². The molecule has 2 rings (SSSR count). The molecule has 0 unspecified atom stereocenters. The zero-order chi connectivity index (χ0) is 8.55. The molecule has 2 atom stereocenters. The molecule has 0 aromatic carbocycles. The molecule has 2 heteroatoms. The second-order valence-electron chi connectivity index (χ2n) is 4.49. The van der Waals surface area contributed by atoms with Crippen molar-refractivity contribution in [2.24, 2.45) is 5.92 Å². The van der Waals surface area contributed by atoms with Crippen molar-refractivity contribution in [3.8, 4) is 0 Å². The molecule has 0 heterocycles. The second kappa shape index (κ2) is 3.35. The molecule has 2 aliphatic carbocycles. The van der Waals surface area contributed by atoms with E-state index in [2.05, 4.69) is 12.2 Å². The van der Waals surface area contributed by atoms with Crippen LogP contribution < -0.4 is 5.32 Å². The van der Waals surface area contributed by atoms with Gasteiger partial charge in [0.1, 0.15) is 0 Å². The highest BCUT2D eigenvalue weighted by Crippen LogP contribution is 2.31. The molecule has 2 nitrogen and oxygen atoms in total. The van der Waals surface area contributed by atoms with Gasteiger partial charge in [-0.15, -0.1) is 0 Å². The van der Waals surface area contributed by atoms with Gasteiger partial charge in [0.15, 0.2) is 0 Å². The van der Waals surface area contributed by atoms with E-state index in [1.807, 2.05) is 0 Å². The van der Waals surface area contributed by atoms with Crippen LogP contribution in [0.3, 0.4) is 0 Å². The fourth-order valence-corrected chi connectivity index (χ4v) is 2.10. The number of rotatable bonds is 2. The van der Waals surface area contributed by atoms with Crippen LogP contribution in [0.25, 0.3) is 0 Å². The van der Waals surface area contributed by atoms with Crippen molar-refractivity contribution in [3.63, 3.8) is 0 Å². The van der Waals surface area contributed by atoms with Crippen LogP contribution in [0.1, 0.15) is 39.0 Å². The lowest BCUT2D eigenvalue weighted by Crippen LogP contribution is -2.36. The lowest BCUT2D eigenvalue weighted by Gasteiger charge is -2.26. The smallest absolute Gasteiger partial charge is 0.0541 e. The lowest BCUT2D eigenvalue weighted by molar-refractivity contribution is 0.116. The molecule has 0 radical (unpaired) electrons. The maximum atomic E-state index is 9.30. The van der Waals surface area contributed by atoms with Gasteiger partial charge in [-0.05, 0) is 38.0 Å². The Kier molecular flexibility index (Phi) is 2.37. The molecular weight excluding hydrogens is 150 g/mol. The van der Waals surface area contributed by atoms with E-state index in [1.165, 1.54) is 19.3 Å². The Balaban J connectivity index is 1.68. The highest BCUT2D eigenvalue weighted by Gasteiger charge is 2.34. The Hall–Kier alpha value is -0.0800. The molecule has 0 aliphatic heterocycles. The van der Waals surface area contributed by atoms with E-state index in [0.717, 1.165) is 24.8 Å². The molecule has 0 amide bonds. The summed E-state index contributed by atoms with van der Waals surface area (Å²) in [6, 6.07) is 1.49. The average Bonchev–Trinajstić information content (AvgIpc) is 2.72. The highest BCUT2D eigenvalue weighted by atomic mass is 16.3. The minimum atomic E-state index is -0.0142. The summed E-state index contributed by atoms with van der Waals surface area (Å²) >= 11 is 0. The van der Waals surface area contributed by atoms with Gasteiger partial charge in [-0.1, -0.05) is 6.92 Å². The third-order valence-electron chi connectivity index (χ3n) is 3.26. The summed E-state index contributed by atoms with van der Waals surface area (Å²) in [6.45, 7) is 2.30. The van der Waals surface area contributed by atoms with Crippen LogP contribution >= 0.6 is 0 Å². The first kappa shape index (κ1) is 8.52. The van der Waals surface area contributed by atoms with Crippen LogP contribution in [0.2, 0.25) is 0 Å². The first-order valence-corrected chi connectivity index (χ1v) is 5.20. The van der Waals surface area contributed by atoms with E-state index < -0.39 is 0 Å². The molecular formula is C10H19NO. The summed E-state index contributed by atoms with van der Waals surface area (Å²) in [5.74, 6) is 0.900. The second-order valence-corrected chi connectivity index (χ2v) is 4.49. The molecule has 12 heavy (non-hydrogen) atoms. The monoisotopic (exact) mass is 169 g/mol. The van der Waals surface area contributed by atoms with Gasteiger partial charge in [0, 0.05) is 12.1 Å². The first-order chi connectivity index (χ1) is 5.75. The van der Waals surface area contributed by atoms with Gasteiger partial charge in [0.25, 0.3) is 0 Å². The maximum absolute atomic E-state index is 9.30. The van der Waals surface area contributed by atoms with E-state index in [9.17, 15) is 5.11 Å². The summed E-state index contributed by atoms with van der Waals surface area (Å²) in [5.41, 5.74) is 0. The van der Waals surface area contributed by atoms with Crippen LogP contribution in [0.4, 0.5) is 0 Å². The average molecular weight is 169 g/mol. The van der Waals surface area contributed by atoms with Crippen molar-refractivity contribution in [2.75, 3.05) is 0 Å². The lowest BCUT2D eigenvalue weighted by atomic mass is 9.93. The van der Waals surface area contributed by atoms with E-state index in [0.29, 0.717) is 6.04 Å². The Morgan fingerprint density at radius 2 is 1.75 bits per heavy atom. The van der Waals surface area contributed by atoms with Crippen LogP contribution in [0.15, 0.2) is 0 Å². The predicted molar refractivity (Wildman–Crippen MR) is 49.0 cm³/mol. The summed E-state index contributed by atoms with van der Waals surface area (Å²) in [4.78, 5) is 0. The van der Waals surface area contributed by atoms with Gasteiger partial charge in [-0.25, -0.2) is 0 Å². The number of aliphatic hydroxyl groups excluding tert-OH is 1. The summed E-state index contributed by atoms with van der Waals surface area (Å²) in [6.07, 6.45) is 5.69. The zero-order valence-corrected chi connectivity index (χ0v) is 7.79.